The second-order valence-corrected chi connectivity index (χ2v) is 5.86. The molecule has 3 rings (SSSR count). The van der Waals surface area contributed by atoms with Gasteiger partial charge in [0, 0.05) is 23.8 Å². The number of benzene rings is 2. The van der Waals surface area contributed by atoms with Crippen LogP contribution in [0.4, 0.5) is 0 Å². The second-order valence-electron chi connectivity index (χ2n) is 5.86. The fourth-order valence-corrected chi connectivity index (χ4v) is 2.63. The molecule has 0 saturated heterocycles. The van der Waals surface area contributed by atoms with Crippen molar-refractivity contribution in [2.45, 2.75) is 6.54 Å². The van der Waals surface area contributed by atoms with Crippen LogP contribution in [0, 0.1) is 0 Å². The van der Waals surface area contributed by atoms with Crippen molar-refractivity contribution in [3.63, 3.8) is 0 Å². The first kappa shape index (κ1) is 17.4. The number of carbonyl (C=O) groups is 1. The second kappa shape index (κ2) is 8.12. The largest absolute Gasteiger partial charge is 0.497 e. The Hall–Kier alpha value is -3.40. The van der Waals surface area contributed by atoms with E-state index in [9.17, 15) is 4.79 Å². The lowest BCUT2D eigenvalue weighted by Crippen LogP contribution is -2.36. The van der Waals surface area contributed by atoms with Gasteiger partial charge in [-0.3, -0.25) is 0 Å². The smallest absolute Gasteiger partial charge is 0.335 e. The number of hydrogen-bond acceptors (Lipinski definition) is 2. The zero-order chi connectivity index (χ0) is 18.4. The number of hydrogen-bond donors (Lipinski definition) is 1. The molecule has 0 fully saturated rings. The molecule has 0 unspecified atom stereocenters. The number of methoxy groups -OCH3 is 1. The molecule has 0 radical (unpaired) electrons. The van der Waals surface area contributed by atoms with Crippen LogP contribution < -0.4 is 9.30 Å². The van der Waals surface area contributed by atoms with E-state index >= 15 is 0 Å². The summed E-state index contributed by atoms with van der Waals surface area (Å²) in [5, 5.41) is 9.00. The van der Waals surface area contributed by atoms with Gasteiger partial charge in [0.15, 0.2) is 12.7 Å². The predicted molar refractivity (Wildman–Crippen MR) is 101 cm³/mol. The summed E-state index contributed by atoms with van der Waals surface area (Å²) in [6.07, 6.45) is 6.13. The SMILES string of the molecule is COc1ccc(/C=C/c2cccc[n+]2Cc2ccc(C(=O)O)cc2)cc1. The van der Waals surface area contributed by atoms with Crippen molar-refractivity contribution in [1.82, 2.24) is 0 Å². The van der Waals surface area contributed by atoms with Crippen LogP contribution >= 0.6 is 0 Å². The number of aromatic nitrogens is 1. The van der Waals surface area contributed by atoms with Crippen LogP contribution in [0.1, 0.15) is 27.2 Å². The third-order valence-electron chi connectivity index (χ3n) is 4.09. The van der Waals surface area contributed by atoms with E-state index in [4.69, 9.17) is 9.84 Å². The van der Waals surface area contributed by atoms with E-state index < -0.39 is 5.97 Å². The van der Waals surface area contributed by atoms with Gasteiger partial charge in [0.1, 0.15) is 5.75 Å². The van der Waals surface area contributed by atoms with Crippen LogP contribution in [0.25, 0.3) is 12.2 Å². The number of ether oxygens (including phenoxy) is 1. The van der Waals surface area contributed by atoms with Crippen molar-refractivity contribution in [2.75, 3.05) is 7.11 Å². The van der Waals surface area contributed by atoms with Crippen molar-refractivity contribution in [3.8, 4) is 5.75 Å². The average Bonchev–Trinajstić information content (AvgIpc) is 2.68. The Morgan fingerprint density at radius 3 is 2.38 bits per heavy atom. The third kappa shape index (κ3) is 4.36. The molecule has 3 aromatic rings. The Labute approximate surface area is 152 Å². The Bertz CT molecular complexity index is 913. The minimum atomic E-state index is -0.910. The molecule has 26 heavy (non-hydrogen) atoms. The number of nitrogens with zero attached hydrogens (tertiary/aromatic N) is 1. The van der Waals surface area contributed by atoms with Crippen molar-refractivity contribution in [1.29, 1.82) is 0 Å². The summed E-state index contributed by atoms with van der Waals surface area (Å²) < 4.78 is 7.30. The van der Waals surface area contributed by atoms with Crippen molar-refractivity contribution < 1.29 is 19.2 Å². The number of pyridine rings is 1. The summed E-state index contributed by atoms with van der Waals surface area (Å²) in [6.45, 7) is 0.670. The molecule has 0 bridgehead atoms. The molecule has 0 aliphatic carbocycles. The quantitative estimate of drug-likeness (QED) is 0.689. The summed E-state index contributed by atoms with van der Waals surface area (Å²) in [4.78, 5) is 11.0. The van der Waals surface area contributed by atoms with Gasteiger partial charge >= 0.3 is 5.97 Å². The topological polar surface area (TPSA) is 50.4 Å². The minimum Gasteiger partial charge on any atom is -0.497 e. The minimum absolute atomic E-state index is 0.298. The highest BCUT2D eigenvalue weighted by molar-refractivity contribution is 5.87. The van der Waals surface area contributed by atoms with E-state index in [0.29, 0.717) is 12.1 Å². The van der Waals surface area contributed by atoms with Gasteiger partial charge in [0.05, 0.1) is 12.7 Å². The molecule has 4 heteroatoms. The highest BCUT2D eigenvalue weighted by Crippen LogP contribution is 2.13. The van der Waals surface area contributed by atoms with Gasteiger partial charge in [-0.05, 0) is 42.0 Å². The number of carboxylic acids is 1. The molecule has 1 N–H and O–H groups in total. The number of carboxylic acid groups (broad SMARTS) is 1. The molecule has 4 nitrogen and oxygen atoms in total. The maximum absolute atomic E-state index is 11.0. The van der Waals surface area contributed by atoms with Crippen LogP contribution in [-0.2, 0) is 6.54 Å². The highest BCUT2D eigenvalue weighted by Gasteiger charge is 2.09. The standard InChI is InChI=1S/C22H19NO3/c1-26-21-13-8-17(9-14-21)7-12-20-4-2-3-15-23(20)16-18-5-10-19(11-6-18)22(24)25/h2-15H,16H2,1H3/p+1/b12-7+. The maximum atomic E-state index is 11.0. The lowest BCUT2D eigenvalue weighted by Gasteiger charge is -2.02. The normalized spacial score (nSPS) is 10.8. The molecule has 0 atom stereocenters. The summed E-state index contributed by atoms with van der Waals surface area (Å²) in [5.41, 5.74) is 3.49. The Morgan fingerprint density at radius 1 is 1.00 bits per heavy atom. The van der Waals surface area contributed by atoms with E-state index in [1.54, 1.807) is 19.2 Å². The fraction of sp³-hybridized carbons (Fsp3) is 0.0909. The molecule has 130 valence electrons. The van der Waals surface area contributed by atoms with Gasteiger partial charge in [0.25, 0.3) is 0 Å². The van der Waals surface area contributed by atoms with Crippen LogP contribution in [0.3, 0.4) is 0 Å². The van der Waals surface area contributed by atoms with Crippen LogP contribution in [0.15, 0.2) is 72.9 Å². The molecular weight excluding hydrogens is 326 g/mol. The molecule has 0 spiro atoms. The lowest BCUT2D eigenvalue weighted by atomic mass is 10.1. The molecular formula is C22H20NO3+. The summed E-state index contributed by atoms with van der Waals surface area (Å²) in [6, 6.07) is 20.9. The van der Waals surface area contributed by atoms with E-state index in [-0.39, 0.29) is 0 Å². The van der Waals surface area contributed by atoms with E-state index in [1.165, 1.54) is 0 Å². The molecule has 2 aromatic carbocycles. The van der Waals surface area contributed by atoms with Crippen LogP contribution in [-0.4, -0.2) is 18.2 Å². The van der Waals surface area contributed by atoms with Gasteiger partial charge in [-0.1, -0.05) is 24.3 Å². The monoisotopic (exact) mass is 346 g/mol. The van der Waals surface area contributed by atoms with Gasteiger partial charge < -0.3 is 9.84 Å². The summed E-state index contributed by atoms with van der Waals surface area (Å²) in [7, 11) is 1.65. The third-order valence-corrected chi connectivity index (χ3v) is 4.09. The number of aromatic carboxylic acids is 1. The van der Waals surface area contributed by atoms with Crippen molar-refractivity contribution in [2.24, 2.45) is 0 Å². The number of rotatable bonds is 6. The van der Waals surface area contributed by atoms with Gasteiger partial charge in [-0.25, -0.2) is 4.79 Å². The zero-order valence-corrected chi connectivity index (χ0v) is 14.5. The first-order valence-electron chi connectivity index (χ1n) is 8.28. The molecule has 0 saturated carbocycles. The molecule has 0 amide bonds. The van der Waals surface area contributed by atoms with Gasteiger partial charge in [-0.2, -0.15) is 4.57 Å². The van der Waals surface area contributed by atoms with Crippen molar-refractivity contribution >= 4 is 18.1 Å². The van der Waals surface area contributed by atoms with E-state index in [1.807, 2.05) is 60.8 Å². The first-order valence-corrected chi connectivity index (χ1v) is 8.28. The fourth-order valence-electron chi connectivity index (χ4n) is 2.63. The zero-order valence-electron chi connectivity index (χ0n) is 14.5. The predicted octanol–water partition coefficient (Wildman–Crippen LogP) is 3.90. The molecule has 1 heterocycles. The van der Waals surface area contributed by atoms with Crippen LogP contribution in [0.2, 0.25) is 0 Å². The molecule has 0 aliphatic heterocycles. The Balaban J connectivity index is 1.78. The lowest BCUT2D eigenvalue weighted by molar-refractivity contribution is -0.690. The summed E-state index contributed by atoms with van der Waals surface area (Å²) >= 11 is 0. The maximum Gasteiger partial charge on any atom is 0.335 e. The first-order chi connectivity index (χ1) is 12.7. The van der Waals surface area contributed by atoms with E-state index in [2.05, 4.69) is 16.7 Å². The molecule has 1 aromatic heterocycles. The van der Waals surface area contributed by atoms with E-state index in [0.717, 1.165) is 22.6 Å². The Morgan fingerprint density at radius 2 is 1.73 bits per heavy atom. The van der Waals surface area contributed by atoms with Gasteiger partial charge in [0.2, 0.25) is 5.69 Å². The Kier molecular flexibility index (Phi) is 5.44. The highest BCUT2D eigenvalue weighted by atomic mass is 16.5. The average molecular weight is 346 g/mol. The van der Waals surface area contributed by atoms with Crippen molar-refractivity contribution in [3.05, 3.63) is 95.3 Å². The molecule has 0 aliphatic rings. The van der Waals surface area contributed by atoms with Crippen LogP contribution in [0.5, 0.6) is 5.75 Å². The van der Waals surface area contributed by atoms with Gasteiger partial charge in [-0.15, -0.1) is 0 Å². The summed E-state index contributed by atoms with van der Waals surface area (Å²) in [5.74, 6) is -0.0752.